The maximum atomic E-state index is 11.4. The van der Waals surface area contributed by atoms with Crippen molar-refractivity contribution in [1.82, 2.24) is 0 Å². The second kappa shape index (κ2) is 4.72. The number of rotatable bonds is 7. The molecule has 94 valence electrons. The molecule has 1 fully saturated rings. The van der Waals surface area contributed by atoms with Crippen molar-refractivity contribution in [2.75, 3.05) is 6.54 Å². The minimum Gasteiger partial charge on any atom is -0.481 e. The number of carbonyl (C=O) groups is 1. The van der Waals surface area contributed by atoms with E-state index in [9.17, 15) is 15.0 Å². The summed E-state index contributed by atoms with van der Waals surface area (Å²) in [6.07, 6.45) is 3.84. The van der Waals surface area contributed by atoms with E-state index in [2.05, 4.69) is 0 Å². The Morgan fingerprint density at radius 2 is 1.94 bits per heavy atom. The summed E-state index contributed by atoms with van der Waals surface area (Å²) in [5.41, 5.74) is 4.00. The fourth-order valence-electron chi connectivity index (χ4n) is 1.99. The second-order valence-electron chi connectivity index (χ2n) is 5.75. The van der Waals surface area contributed by atoms with E-state index < -0.39 is 17.0 Å². The van der Waals surface area contributed by atoms with Gasteiger partial charge in [-0.05, 0) is 39.0 Å². The molecule has 0 radical (unpaired) electrons. The first kappa shape index (κ1) is 13.5. The zero-order valence-electron chi connectivity index (χ0n) is 10.2. The molecule has 1 rings (SSSR count). The van der Waals surface area contributed by atoms with Gasteiger partial charge in [0, 0.05) is 6.54 Å². The molecular weight excluding hydrogens is 206 g/mol. The largest absolute Gasteiger partial charge is 0.481 e. The molecule has 0 aliphatic heterocycles. The van der Waals surface area contributed by atoms with Crippen LogP contribution in [0.2, 0.25) is 0 Å². The van der Waals surface area contributed by atoms with Crippen LogP contribution in [0.15, 0.2) is 0 Å². The molecule has 0 saturated heterocycles. The van der Waals surface area contributed by atoms with Crippen LogP contribution in [0.5, 0.6) is 0 Å². The summed E-state index contributed by atoms with van der Waals surface area (Å²) in [5, 5.41) is 19.0. The van der Waals surface area contributed by atoms with E-state index in [0.29, 0.717) is 25.2 Å². The van der Waals surface area contributed by atoms with Crippen molar-refractivity contribution in [3.63, 3.8) is 0 Å². The third-order valence-corrected chi connectivity index (χ3v) is 3.44. The average Bonchev–Trinajstić information content (AvgIpc) is 2.94. The standard InChI is InChI=1S/C12H23NO3/c1-11(2,16)5-6-12(8-13,10(14)15)7-9-3-4-9/h9,16H,3-8,13H2,1-2H3,(H,14,15). The van der Waals surface area contributed by atoms with Crippen LogP contribution in [0.4, 0.5) is 0 Å². The van der Waals surface area contributed by atoms with Gasteiger partial charge in [-0.2, -0.15) is 0 Å². The van der Waals surface area contributed by atoms with Crippen molar-refractivity contribution in [3.05, 3.63) is 0 Å². The zero-order chi connectivity index (χ0) is 12.4. The molecular formula is C12H23NO3. The van der Waals surface area contributed by atoms with Gasteiger partial charge in [0.05, 0.1) is 11.0 Å². The van der Waals surface area contributed by atoms with E-state index in [1.807, 2.05) is 0 Å². The van der Waals surface area contributed by atoms with Crippen LogP contribution in [0.1, 0.15) is 46.0 Å². The van der Waals surface area contributed by atoms with Crippen LogP contribution in [-0.4, -0.2) is 28.3 Å². The lowest BCUT2D eigenvalue weighted by Gasteiger charge is -2.30. The highest BCUT2D eigenvalue weighted by molar-refractivity contribution is 5.75. The zero-order valence-corrected chi connectivity index (χ0v) is 10.2. The molecule has 4 nitrogen and oxygen atoms in total. The SMILES string of the molecule is CC(C)(O)CCC(CN)(CC1CC1)C(=O)O. The van der Waals surface area contributed by atoms with Crippen molar-refractivity contribution in [1.29, 1.82) is 0 Å². The molecule has 0 aromatic carbocycles. The van der Waals surface area contributed by atoms with Crippen molar-refractivity contribution in [2.24, 2.45) is 17.1 Å². The Kier molecular flexibility index (Phi) is 3.97. The maximum absolute atomic E-state index is 11.4. The summed E-state index contributed by atoms with van der Waals surface area (Å²) in [5.74, 6) is -0.285. The van der Waals surface area contributed by atoms with Gasteiger partial charge in [-0.3, -0.25) is 4.79 Å². The summed E-state index contributed by atoms with van der Waals surface area (Å²) in [6, 6.07) is 0. The minimum atomic E-state index is -0.832. The van der Waals surface area contributed by atoms with Crippen molar-refractivity contribution >= 4 is 5.97 Å². The van der Waals surface area contributed by atoms with Gasteiger partial charge in [0.2, 0.25) is 0 Å². The van der Waals surface area contributed by atoms with Crippen LogP contribution in [0.3, 0.4) is 0 Å². The smallest absolute Gasteiger partial charge is 0.310 e. The minimum absolute atomic E-state index is 0.162. The number of carboxylic acids is 1. The Hall–Kier alpha value is -0.610. The summed E-state index contributed by atoms with van der Waals surface area (Å²) >= 11 is 0. The molecule has 0 aromatic rings. The van der Waals surface area contributed by atoms with Crippen LogP contribution in [0, 0.1) is 11.3 Å². The Morgan fingerprint density at radius 1 is 1.38 bits per heavy atom. The molecule has 0 spiro atoms. The third-order valence-electron chi connectivity index (χ3n) is 3.44. The van der Waals surface area contributed by atoms with Gasteiger partial charge in [-0.1, -0.05) is 12.8 Å². The molecule has 16 heavy (non-hydrogen) atoms. The number of hydrogen-bond acceptors (Lipinski definition) is 3. The summed E-state index contributed by atoms with van der Waals surface area (Å²) < 4.78 is 0. The van der Waals surface area contributed by atoms with Crippen LogP contribution >= 0.6 is 0 Å². The monoisotopic (exact) mass is 229 g/mol. The molecule has 1 aliphatic carbocycles. The topological polar surface area (TPSA) is 83.5 Å². The highest BCUT2D eigenvalue weighted by atomic mass is 16.4. The molecule has 0 aromatic heterocycles. The highest BCUT2D eigenvalue weighted by Gasteiger charge is 2.42. The lowest BCUT2D eigenvalue weighted by molar-refractivity contribution is -0.150. The Bertz CT molecular complexity index is 255. The molecule has 1 atom stereocenters. The quantitative estimate of drug-likeness (QED) is 0.615. The fourth-order valence-corrected chi connectivity index (χ4v) is 1.99. The Morgan fingerprint density at radius 3 is 2.25 bits per heavy atom. The highest BCUT2D eigenvalue weighted by Crippen LogP contribution is 2.43. The predicted molar refractivity (Wildman–Crippen MR) is 62.0 cm³/mol. The lowest BCUT2D eigenvalue weighted by atomic mass is 9.76. The van der Waals surface area contributed by atoms with E-state index in [4.69, 9.17) is 5.73 Å². The molecule has 4 N–H and O–H groups in total. The third kappa shape index (κ3) is 3.76. The number of carboxylic acid groups (broad SMARTS) is 1. The molecule has 0 heterocycles. The first-order valence-corrected chi connectivity index (χ1v) is 5.95. The number of aliphatic carboxylic acids is 1. The van der Waals surface area contributed by atoms with Crippen molar-refractivity contribution in [2.45, 2.75) is 51.6 Å². The van der Waals surface area contributed by atoms with E-state index in [1.54, 1.807) is 13.8 Å². The molecule has 0 bridgehead atoms. The Balaban J connectivity index is 2.64. The number of nitrogens with two attached hydrogens (primary N) is 1. The van der Waals surface area contributed by atoms with Crippen molar-refractivity contribution in [3.8, 4) is 0 Å². The first-order chi connectivity index (χ1) is 7.29. The van der Waals surface area contributed by atoms with Gasteiger partial charge in [0.25, 0.3) is 0 Å². The van der Waals surface area contributed by atoms with Gasteiger partial charge < -0.3 is 15.9 Å². The number of aliphatic hydroxyl groups is 1. The van der Waals surface area contributed by atoms with E-state index >= 15 is 0 Å². The fraction of sp³-hybridized carbons (Fsp3) is 0.917. The molecule has 4 heteroatoms. The first-order valence-electron chi connectivity index (χ1n) is 5.95. The van der Waals surface area contributed by atoms with E-state index in [0.717, 1.165) is 12.8 Å². The van der Waals surface area contributed by atoms with Gasteiger partial charge in [-0.15, -0.1) is 0 Å². The molecule has 1 aliphatic rings. The summed E-state index contributed by atoms with van der Waals surface area (Å²) in [6.45, 7) is 3.56. The maximum Gasteiger partial charge on any atom is 0.310 e. The molecule has 1 saturated carbocycles. The van der Waals surface area contributed by atoms with Gasteiger partial charge >= 0.3 is 5.97 Å². The van der Waals surface area contributed by atoms with Crippen LogP contribution in [-0.2, 0) is 4.79 Å². The lowest BCUT2D eigenvalue weighted by Crippen LogP contribution is -2.40. The molecule has 1 unspecified atom stereocenters. The van der Waals surface area contributed by atoms with Gasteiger partial charge in [-0.25, -0.2) is 0 Å². The average molecular weight is 229 g/mol. The second-order valence-corrected chi connectivity index (χ2v) is 5.75. The van der Waals surface area contributed by atoms with Crippen molar-refractivity contribution < 1.29 is 15.0 Å². The summed E-state index contributed by atoms with van der Waals surface area (Å²) in [4.78, 5) is 11.4. The predicted octanol–water partition coefficient (Wildman–Crippen LogP) is 1.37. The van der Waals surface area contributed by atoms with E-state index in [1.165, 1.54) is 0 Å². The van der Waals surface area contributed by atoms with Crippen LogP contribution < -0.4 is 5.73 Å². The summed E-state index contributed by atoms with van der Waals surface area (Å²) in [7, 11) is 0. The Labute approximate surface area is 96.8 Å². The van der Waals surface area contributed by atoms with Crippen LogP contribution in [0.25, 0.3) is 0 Å². The van der Waals surface area contributed by atoms with Gasteiger partial charge in [0.1, 0.15) is 0 Å². The normalized spacial score (nSPS) is 20.5. The molecule has 0 amide bonds. The van der Waals surface area contributed by atoms with E-state index in [-0.39, 0.29) is 6.54 Å². The number of hydrogen-bond donors (Lipinski definition) is 3. The van der Waals surface area contributed by atoms with Gasteiger partial charge in [0.15, 0.2) is 0 Å².